The Hall–Kier alpha value is -3.39. The molecule has 33 heavy (non-hydrogen) atoms. The Morgan fingerprint density at radius 2 is 1.76 bits per heavy atom. The van der Waals surface area contributed by atoms with Crippen molar-refractivity contribution in [2.45, 2.75) is 25.9 Å². The average molecular weight is 464 g/mol. The van der Waals surface area contributed by atoms with E-state index in [-0.39, 0.29) is 36.0 Å². The zero-order valence-corrected chi connectivity index (χ0v) is 18.7. The summed E-state index contributed by atoms with van der Waals surface area (Å²) in [5.41, 5.74) is 2.37. The fraction of sp³-hybridized carbons (Fsp3) is 0.240. The second-order valence-electron chi connectivity index (χ2n) is 8.21. The van der Waals surface area contributed by atoms with Crippen LogP contribution in [0.3, 0.4) is 0 Å². The minimum absolute atomic E-state index is 0.0828. The van der Waals surface area contributed by atoms with Crippen molar-refractivity contribution in [1.29, 1.82) is 0 Å². The highest BCUT2D eigenvalue weighted by Gasteiger charge is 2.35. The second kappa shape index (κ2) is 8.86. The lowest BCUT2D eigenvalue weighted by atomic mass is 10.1. The van der Waals surface area contributed by atoms with Crippen LogP contribution in [-0.4, -0.2) is 44.5 Å². The van der Waals surface area contributed by atoms with Crippen molar-refractivity contribution >= 4 is 45.8 Å². The van der Waals surface area contributed by atoms with E-state index >= 15 is 0 Å². The number of benzene rings is 2. The maximum atomic E-state index is 13.2. The first kappa shape index (κ1) is 21.5. The quantitative estimate of drug-likeness (QED) is 0.517. The molecule has 3 amide bonds. The topological polar surface area (TPSA) is 62.6 Å². The van der Waals surface area contributed by atoms with Crippen molar-refractivity contribution in [3.05, 3.63) is 76.6 Å². The van der Waals surface area contributed by atoms with Gasteiger partial charge in [-0.3, -0.25) is 19.3 Å². The van der Waals surface area contributed by atoms with Gasteiger partial charge in [0.25, 0.3) is 11.1 Å². The molecule has 168 valence electrons. The predicted octanol–water partition coefficient (Wildman–Crippen LogP) is 4.64. The molecule has 5 rings (SSSR count). The molecule has 3 aromatic rings. The molecule has 0 radical (unpaired) electrons. The number of hydrogen-bond acceptors (Lipinski definition) is 4. The van der Waals surface area contributed by atoms with Crippen molar-refractivity contribution in [2.24, 2.45) is 0 Å². The van der Waals surface area contributed by atoms with Gasteiger partial charge in [-0.2, -0.15) is 0 Å². The van der Waals surface area contributed by atoms with Crippen molar-refractivity contribution in [3.63, 3.8) is 0 Å². The van der Waals surface area contributed by atoms with Crippen LogP contribution in [0.15, 0.2) is 59.6 Å². The minimum atomic E-state index is -0.376. The Kier molecular flexibility index (Phi) is 5.76. The summed E-state index contributed by atoms with van der Waals surface area (Å²) in [5, 5.41) is 0.556. The molecule has 6 nitrogen and oxygen atoms in total. The van der Waals surface area contributed by atoms with E-state index in [1.807, 2.05) is 39.9 Å². The highest BCUT2D eigenvalue weighted by molar-refractivity contribution is 8.18. The van der Waals surface area contributed by atoms with Crippen molar-refractivity contribution in [3.8, 4) is 0 Å². The van der Waals surface area contributed by atoms with E-state index in [0.29, 0.717) is 10.5 Å². The van der Waals surface area contributed by atoms with Crippen molar-refractivity contribution in [1.82, 2.24) is 14.4 Å². The van der Waals surface area contributed by atoms with E-state index < -0.39 is 0 Å². The number of aromatic nitrogens is 1. The number of carbonyl (C=O) groups is 3. The van der Waals surface area contributed by atoms with Gasteiger partial charge in [0, 0.05) is 35.8 Å². The molecule has 0 saturated carbocycles. The maximum Gasteiger partial charge on any atom is 0.293 e. The van der Waals surface area contributed by atoms with E-state index in [4.69, 9.17) is 0 Å². The van der Waals surface area contributed by atoms with Gasteiger partial charge in [-0.05, 0) is 54.4 Å². The number of nitrogens with zero attached hydrogens (tertiary/aromatic N) is 3. The van der Waals surface area contributed by atoms with E-state index in [1.165, 1.54) is 17.0 Å². The molecule has 0 N–H and O–H groups in total. The van der Waals surface area contributed by atoms with Crippen LogP contribution in [0.5, 0.6) is 0 Å². The molecule has 2 aromatic carbocycles. The smallest absolute Gasteiger partial charge is 0.293 e. The number of amides is 3. The number of thioether (sulfide) groups is 1. The van der Waals surface area contributed by atoms with Gasteiger partial charge in [0.15, 0.2) is 0 Å². The fourth-order valence-corrected chi connectivity index (χ4v) is 5.11. The number of likely N-dealkylation sites (tertiary alicyclic amines) is 1. The number of para-hydroxylation sites is 1. The van der Waals surface area contributed by atoms with Crippen molar-refractivity contribution in [2.75, 3.05) is 13.1 Å². The minimum Gasteiger partial charge on any atom is -0.341 e. The Balaban J connectivity index is 1.41. The van der Waals surface area contributed by atoms with Crippen LogP contribution in [0.4, 0.5) is 9.18 Å². The Bertz CT molecular complexity index is 1280. The second-order valence-corrected chi connectivity index (χ2v) is 9.20. The lowest BCUT2D eigenvalue weighted by Gasteiger charge is -2.15. The van der Waals surface area contributed by atoms with Gasteiger partial charge in [0.2, 0.25) is 5.91 Å². The standard InChI is InChI=1S/C25H22FN3O3S/c26-19-9-7-17(8-10-19)14-29-24(31)22(33-25(29)32)13-18-15-28(21-6-2-1-5-20(18)21)16-23(30)27-11-3-4-12-27/h1-2,5-10,13,15H,3-4,11-12,14,16H2/b22-13-. The number of hydrogen-bond donors (Lipinski definition) is 0. The molecule has 3 heterocycles. The molecular formula is C25H22FN3O3S. The zero-order valence-electron chi connectivity index (χ0n) is 17.9. The molecule has 2 aliphatic heterocycles. The third kappa shape index (κ3) is 4.30. The number of imide groups is 1. The summed E-state index contributed by atoms with van der Waals surface area (Å²) in [6.45, 7) is 1.92. The molecule has 0 bridgehead atoms. The Morgan fingerprint density at radius 1 is 1.03 bits per heavy atom. The maximum absolute atomic E-state index is 13.2. The summed E-state index contributed by atoms with van der Waals surface area (Å²) >= 11 is 0.891. The number of rotatable bonds is 5. The lowest BCUT2D eigenvalue weighted by molar-refractivity contribution is -0.130. The predicted molar refractivity (Wildman–Crippen MR) is 126 cm³/mol. The van der Waals surface area contributed by atoms with E-state index in [1.54, 1.807) is 18.2 Å². The molecule has 0 aliphatic carbocycles. The molecule has 2 saturated heterocycles. The number of halogens is 1. The zero-order chi connectivity index (χ0) is 22.9. The largest absolute Gasteiger partial charge is 0.341 e. The molecule has 2 fully saturated rings. The van der Waals surface area contributed by atoms with Crippen LogP contribution in [-0.2, 0) is 22.7 Å². The summed E-state index contributed by atoms with van der Waals surface area (Å²) in [5.74, 6) is -0.661. The SMILES string of the molecule is O=C(Cn1cc(/C=C2\SC(=O)N(Cc3ccc(F)cc3)C2=O)c2ccccc21)N1CCCC1. The first-order valence-electron chi connectivity index (χ1n) is 10.8. The molecule has 0 atom stereocenters. The summed E-state index contributed by atoms with van der Waals surface area (Å²) in [7, 11) is 0. The van der Waals surface area contributed by atoms with Gasteiger partial charge in [0.1, 0.15) is 12.4 Å². The molecular weight excluding hydrogens is 441 g/mol. The van der Waals surface area contributed by atoms with Gasteiger partial charge in [0.05, 0.1) is 11.4 Å². The normalized spacial score (nSPS) is 17.7. The van der Waals surface area contributed by atoms with Crippen LogP contribution >= 0.6 is 11.8 Å². The molecule has 1 aromatic heterocycles. The first-order chi connectivity index (χ1) is 16.0. The van der Waals surface area contributed by atoms with Gasteiger partial charge >= 0.3 is 0 Å². The van der Waals surface area contributed by atoms with Gasteiger partial charge in [-0.15, -0.1) is 0 Å². The van der Waals surface area contributed by atoms with Crippen LogP contribution in [0, 0.1) is 5.82 Å². The van der Waals surface area contributed by atoms with E-state index in [2.05, 4.69) is 0 Å². The van der Waals surface area contributed by atoms with Gasteiger partial charge < -0.3 is 9.47 Å². The average Bonchev–Trinajstić information content (AvgIpc) is 3.52. The monoisotopic (exact) mass is 463 g/mol. The lowest BCUT2D eigenvalue weighted by Crippen LogP contribution is -2.30. The summed E-state index contributed by atoms with van der Waals surface area (Å²) < 4.78 is 15.1. The summed E-state index contributed by atoms with van der Waals surface area (Å²) in [4.78, 5) is 41.6. The third-order valence-electron chi connectivity index (χ3n) is 6.00. The van der Waals surface area contributed by atoms with Gasteiger partial charge in [-0.1, -0.05) is 30.3 Å². The third-order valence-corrected chi connectivity index (χ3v) is 6.91. The fourth-order valence-electron chi connectivity index (χ4n) is 4.28. The molecule has 0 spiro atoms. The van der Waals surface area contributed by atoms with Crippen LogP contribution < -0.4 is 0 Å². The molecule has 2 aliphatic rings. The molecule has 0 unspecified atom stereocenters. The highest BCUT2D eigenvalue weighted by Crippen LogP contribution is 2.35. The summed E-state index contributed by atoms with van der Waals surface area (Å²) in [6, 6.07) is 13.5. The van der Waals surface area contributed by atoms with Gasteiger partial charge in [-0.25, -0.2) is 4.39 Å². The van der Waals surface area contributed by atoms with Crippen LogP contribution in [0.25, 0.3) is 17.0 Å². The highest BCUT2D eigenvalue weighted by atomic mass is 32.2. The molecule has 8 heteroatoms. The van der Waals surface area contributed by atoms with Crippen LogP contribution in [0.1, 0.15) is 24.0 Å². The van der Waals surface area contributed by atoms with Crippen LogP contribution in [0.2, 0.25) is 0 Å². The van der Waals surface area contributed by atoms with E-state index in [0.717, 1.165) is 54.2 Å². The number of carbonyl (C=O) groups excluding carboxylic acids is 3. The van der Waals surface area contributed by atoms with E-state index in [9.17, 15) is 18.8 Å². The van der Waals surface area contributed by atoms with Crippen molar-refractivity contribution < 1.29 is 18.8 Å². The number of fused-ring (bicyclic) bond motifs is 1. The first-order valence-corrected chi connectivity index (χ1v) is 11.7. The summed E-state index contributed by atoms with van der Waals surface area (Å²) in [6.07, 6.45) is 5.66. The Morgan fingerprint density at radius 3 is 2.52 bits per heavy atom. The Labute approximate surface area is 194 Å².